The van der Waals surface area contributed by atoms with Gasteiger partial charge >= 0.3 is 0 Å². The fraction of sp³-hybridized carbons (Fsp3) is 0.200. The second-order valence-corrected chi connectivity index (χ2v) is 5.48. The first kappa shape index (κ1) is 15.1. The maximum atomic E-state index is 5.77. The molecule has 0 aliphatic heterocycles. The summed E-state index contributed by atoms with van der Waals surface area (Å²) in [5, 5.41) is 0. The molecule has 4 nitrogen and oxygen atoms in total. The number of benzene rings is 2. The molecule has 5 heteroatoms. The molecule has 0 saturated carbocycles. The molecule has 2 aromatic rings. The molecule has 0 heterocycles. The van der Waals surface area contributed by atoms with Gasteiger partial charge in [0.05, 0.1) is 25.8 Å². The lowest BCUT2D eigenvalue weighted by Gasteiger charge is -2.22. The molecular weight excluding hydrogens is 367 g/mol. The van der Waals surface area contributed by atoms with E-state index in [2.05, 4.69) is 34.1 Å². The SMILES string of the molecule is COc1cccc(OC)c1C(NN)c1cccc(I)c1. The van der Waals surface area contributed by atoms with E-state index in [9.17, 15) is 0 Å². The summed E-state index contributed by atoms with van der Waals surface area (Å²) < 4.78 is 12.0. The molecule has 106 valence electrons. The Morgan fingerprint density at radius 2 is 1.65 bits per heavy atom. The Labute approximate surface area is 132 Å². The van der Waals surface area contributed by atoms with Gasteiger partial charge in [0, 0.05) is 3.57 Å². The predicted octanol–water partition coefficient (Wildman–Crippen LogP) is 2.86. The monoisotopic (exact) mass is 384 g/mol. The van der Waals surface area contributed by atoms with Crippen molar-refractivity contribution in [2.75, 3.05) is 14.2 Å². The van der Waals surface area contributed by atoms with Gasteiger partial charge in [0.25, 0.3) is 0 Å². The number of halogens is 1. The maximum absolute atomic E-state index is 5.77. The van der Waals surface area contributed by atoms with Crippen molar-refractivity contribution in [1.82, 2.24) is 5.43 Å². The van der Waals surface area contributed by atoms with Crippen LogP contribution in [0, 0.1) is 3.57 Å². The number of ether oxygens (including phenoxy) is 2. The number of methoxy groups -OCH3 is 2. The molecule has 1 atom stereocenters. The van der Waals surface area contributed by atoms with Gasteiger partial charge in [0.2, 0.25) is 0 Å². The molecule has 1 unspecified atom stereocenters. The third-order valence-electron chi connectivity index (χ3n) is 3.10. The van der Waals surface area contributed by atoms with E-state index in [-0.39, 0.29) is 6.04 Å². The number of nitrogens with one attached hydrogen (secondary N) is 1. The lowest BCUT2D eigenvalue weighted by Crippen LogP contribution is -2.29. The van der Waals surface area contributed by atoms with E-state index in [0.29, 0.717) is 0 Å². The average Bonchev–Trinajstić information content (AvgIpc) is 2.48. The average molecular weight is 384 g/mol. The van der Waals surface area contributed by atoms with Crippen LogP contribution in [-0.2, 0) is 0 Å². The third kappa shape index (κ3) is 3.05. The van der Waals surface area contributed by atoms with Gasteiger partial charge in [-0.25, -0.2) is 5.43 Å². The van der Waals surface area contributed by atoms with Gasteiger partial charge in [-0.1, -0.05) is 18.2 Å². The van der Waals surface area contributed by atoms with Crippen LogP contribution in [0.5, 0.6) is 11.5 Å². The van der Waals surface area contributed by atoms with Crippen LogP contribution in [-0.4, -0.2) is 14.2 Å². The molecule has 20 heavy (non-hydrogen) atoms. The molecule has 2 aromatic carbocycles. The van der Waals surface area contributed by atoms with Crippen molar-refractivity contribution in [3.8, 4) is 11.5 Å². The Kier molecular flexibility index (Phi) is 5.22. The van der Waals surface area contributed by atoms with Crippen molar-refractivity contribution in [2.24, 2.45) is 5.84 Å². The van der Waals surface area contributed by atoms with Crippen molar-refractivity contribution in [3.05, 3.63) is 57.2 Å². The zero-order chi connectivity index (χ0) is 14.5. The summed E-state index contributed by atoms with van der Waals surface area (Å²) in [5.74, 6) is 7.25. The Balaban J connectivity index is 2.57. The summed E-state index contributed by atoms with van der Waals surface area (Å²) in [5.41, 5.74) is 4.80. The summed E-state index contributed by atoms with van der Waals surface area (Å²) in [6.45, 7) is 0. The van der Waals surface area contributed by atoms with E-state index >= 15 is 0 Å². The zero-order valence-corrected chi connectivity index (χ0v) is 13.5. The van der Waals surface area contributed by atoms with E-state index in [1.165, 1.54) is 0 Å². The lowest BCUT2D eigenvalue weighted by atomic mass is 9.97. The largest absolute Gasteiger partial charge is 0.496 e. The minimum atomic E-state index is -0.198. The van der Waals surface area contributed by atoms with Crippen LogP contribution in [0.3, 0.4) is 0 Å². The highest BCUT2D eigenvalue weighted by Gasteiger charge is 2.21. The van der Waals surface area contributed by atoms with Crippen LogP contribution in [0.25, 0.3) is 0 Å². The van der Waals surface area contributed by atoms with E-state index in [0.717, 1.165) is 26.2 Å². The molecule has 0 radical (unpaired) electrons. The number of hydrogen-bond donors (Lipinski definition) is 2. The molecule has 2 rings (SSSR count). The van der Waals surface area contributed by atoms with Gasteiger partial charge in [-0.05, 0) is 52.4 Å². The summed E-state index contributed by atoms with van der Waals surface area (Å²) in [7, 11) is 3.28. The van der Waals surface area contributed by atoms with E-state index in [1.807, 2.05) is 36.4 Å². The predicted molar refractivity (Wildman–Crippen MR) is 87.9 cm³/mol. The summed E-state index contributed by atoms with van der Waals surface area (Å²) in [6.07, 6.45) is 0. The van der Waals surface area contributed by atoms with Gasteiger partial charge in [-0.15, -0.1) is 0 Å². The highest BCUT2D eigenvalue weighted by atomic mass is 127. The molecule has 0 aliphatic rings. The normalized spacial score (nSPS) is 12.0. The van der Waals surface area contributed by atoms with E-state index < -0.39 is 0 Å². The minimum absolute atomic E-state index is 0.198. The molecule has 0 amide bonds. The van der Waals surface area contributed by atoms with Crippen LogP contribution in [0.4, 0.5) is 0 Å². The molecule has 0 saturated heterocycles. The van der Waals surface area contributed by atoms with Crippen LogP contribution in [0.2, 0.25) is 0 Å². The molecule has 0 spiro atoms. The molecule has 3 N–H and O–H groups in total. The van der Waals surface area contributed by atoms with Gasteiger partial charge < -0.3 is 9.47 Å². The number of hydrazine groups is 1. The Bertz CT molecular complexity index is 568. The van der Waals surface area contributed by atoms with Crippen molar-refractivity contribution in [3.63, 3.8) is 0 Å². The van der Waals surface area contributed by atoms with Gasteiger partial charge in [-0.2, -0.15) is 0 Å². The first-order valence-electron chi connectivity index (χ1n) is 6.13. The lowest BCUT2D eigenvalue weighted by molar-refractivity contribution is 0.377. The third-order valence-corrected chi connectivity index (χ3v) is 3.77. The van der Waals surface area contributed by atoms with Crippen molar-refractivity contribution in [2.45, 2.75) is 6.04 Å². The smallest absolute Gasteiger partial charge is 0.127 e. The minimum Gasteiger partial charge on any atom is -0.496 e. The van der Waals surface area contributed by atoms with Crippen molar-refractivity contribution < 1.29 is 9.47 Å². The number of rotatable bonds is 5. The van der Waals surface area contributed by atoms with Crippen LogP contribution < -0.4 is 20.7 Å². The Hall–Kier alpha value is -1.31. The maximum Gasteiger partial charge on any atom is 0.127 e. The fourth-order valence-corrected chi connectivity index (χ4v) is 2.76. The van der Waals surface area contributed by atoms with Crippen LogP contribution >= 0.6 is 22.6 Å². The quantitative estimate of drug-likeness (QED) is 0.473. The molecule has 0 aliphatic carbocycles. The first-order valence-corrected chi connectivity index (χ1v) is 7.21. The van der Waals surface area contributed by atoms with Gasteiger partial charge in [-0.3, -0.25) is 5.84 Å². The van der Waals surface area contributed by atoms with E-state index in [4.69, 9.17) is 15.3 Å². The van der Waals surface area contributed by atoms with Crippen molar-refractivity contribution >= 4 is 22.6 Å². The number of hydrogen-bond acceptors (Lipinski definition) is 4. The standard InChI is InChI=1S/C15H17IN2O2/c1-19-12-7-4-8-13(20-2)14(12)15(18-17)10-5-3-6-11(16)9-10/h3-9,15,18H,17H2,1-2H3. The van der Waals surface area contributed by atoms with Gasteiger partial charge in [0.1, 0.15) is 11.5 Å². The second kappa shape index (κ2) is 6.92. The zero-order valence-electron chi connectivity index (χ0n) is 11.4. The summed E-state index contributed by atoms with van der Waals surface area (Å²) >= 11 is 2.28. The summed E-state index contributed by atoms with van der Waals surface area (Å²) in [4.78, 5) is 0. The molecule has 0 aromatic heterocycles. The van der Waals surface area contributed by atoms with Crippen LogP contribution in [0.15, 0.2) is 42.5 Å². The molecule has 0 fully saturated rings. The van der Waals surface area contributed by atoms with Crippen molar-refractivity contribution in [1.29, 1.82) is 0 Å². The van der Waals surface area contributed by atoms with Crippen LogP contribution in [0.1, 0.15) is 17.2 Å². The molecular formula is C15H17IN2O2. The second-order valence-electron chi connectivity index (χ2n) is 4.23. The highest BCUT2D eigenvalue weighted by molar-refractivity contribution is 14.1. The Morgan fingerprint density at radius 1 is 1.05 bits per heavy atom. The summed E-state index contributed by atoms with van der Waals surface area (Å²) in [6, 6.07) is 13.6. The highest BCUT2D eigenvalue weighted by Crippen LogP contribution is 2.37. The first-order chi connectivity index (χ1) is 9.71. The topological polar surface area (TPSA) is 56.5 Å². The van der Waals surface area contributed by atoms with E-state index in [1.54, 1.807) is 14.2 Å². The number of nitrogens with two attached hydrogens (primary N) is 1. The molecule has 0 bridgehead atoms. The Morgan fingerprint density at radius 3 is 2.15 bits per heavy atom. The van der Waals surface area contributed by atoms with Gasteiger partial charge in [0.15, 0.2) is 0 Å². The fourth-order valence-electron chi connectivity index (χ4n) is 2.20.